The van der Waals surface area contributed by atoms with Crippen LogP contribution in [0.2, 0.25) is 5.02 Å². The number of hydrogen-bond acceptors (Lipinski definition) is 9. The summed E-state index contributed by atoms with van der Waals surface area (Å²) in [6, 6.07) is 21.9. The van der Waals surface area contributed by atoms with Crippen molar-refractivity contribution >= 4 is 51.2 Å². The number of ether oxygens (including phenoxy) is 2. The van der Waals surface area contributed by atoms with Crippen molar-refractivity contribution in [3.63, 3.8) is 0 Å². The van der Waals surface area contributed by atoms with E-state index in [1.54, 1.807) is 53.4 Å². The predicted molar refractivity (Wildman–Crippen MR) is 232 cm³/mol. The van der Waals surface area contributed by atoms with Gasteiger partial charge in [0.05, 0.1) is 19.0 Å². The van der Waals surface area contributed by atoms with Crippen molar-refractivity contribution in [2.24, 2.45) is 5.92 Å². The topological polar surface area (TPSA) is 181 Å². The molecule has 5 rings (SSSR count). The Balaban J connectivity index is 1.32. The molecule has 0 spiro atoms. The predicted octanol–water partition coefficient (Wildman–Crippen LogP) is 4.83. The quantitative estimate of drug-likeness (QED) is 0.151. The Labute approximate surface area is 364 Å². The Morgan fingerprint density at radius 1 is 0.852 bits per heavy atom. The van der Waals surface area contributed by atoms with Crippen LogP contribution in [-0.4, -0.2) is 110 Å². The maximum absolute atomic E-state index is 14.5. The third kappa shape index (κ3) is 15.2. The summed E-state index contributed by atoms with van der Waals surface area (Å²) < 4.78 is 39.6. The molecule has 61 heavy (non-hydrogen) atoms. The number of rotatable bonds is 18. The molecule has 0 aliphatic carbocycles. The van der Waals surface area contributed by atoms with Gasteiger partial charge >= 0.3 is 6.09 Å². The molecule has 4 amide bonds. The summed E-state index contributed by atoms with van der Waals surface area (Å²) in [6.07, 6.45) is 2.43. The maximum atomic E-state index is 14.5. The normalized spacial score (nSPS) is 18.2. The molecule has 2 aliphatic rings. The first kappa shape index (κ1) is 47.2. The van der Waals surface area contributed by atoms with Crippen molar-refractivity contribution in [2.45, 2.75) is 102 Å². The number of amides is 4. The average molecular weight is 881 g/mol. The van der Waals surface area contributed by atoms with E-state index in [0.29, 0.717) is 49.4 Å². The number of Topliss-reactive ketones (excluding diaryl/α,β-unsaturated/α-hetero) is 1. The van der Waals surface area contributed by atoms with E-state index in [4.69, 9.17) is 21.1 Å². The second kappa shape index (κ2) is 21.8. The maximum Gasteiger partial charge on any atom is 0.410 e. The fourth-order valence-corrected chi connectivity index (χ4v) is 8.43. The largest absolute Gasteiger partial charge is 0.444 e. The summed E-state index contributed by atoms with van der Waals surface area (Å²) in [5.74, 6) is -2.88. The molecule has 330 valence electrons. The Hall–Kier alpha value is -4.83. The molecule has 2 fully saturated rings. The second-order valence-corrected chi connectivity index (χ2v) is 19.1. The van der Waals surface area contributed by atoms with Gasteiger partial charge in [0.2, 0.25) is 27.6 Å². The van der Waals surface area contributed by atoms with Crippen LogP contribution in [0.15, 0.2) is 84.9 Å². The van der Waals surface area contributed by atoms with Crippen molar-refractivity contribution in [1.29, 1.82) is 0 Å². The van der Waals surface area contributed by atoms with Gasteiger partial charge in [-0.15, -0.1) is 0 Å². The van der Waals surface area contributed by atoms with Crippen LogP contribution in [0.5, 0.6) is 0 Å². The molecule has 0 radical (unpaired) electrons. The summed E-state index contributed by atoms with van der Waals surface area (Å²) in [7, 11) is -3.89. The van der Waals surface area contributed by atoms with Gasteiger partial charge in [-0.25, -0.2) is 17.9 Å². The molecule has 2 aliphatic heterocycles. The van der Waals surface area contributed by atoms with Crippen LogP contribution in [0, 0.1) is 5.92 Å². The highest BCUT2D eigenvalue weighted by atomic mass is 35.5. The number of likely N-dealkylation sites (tertiary alicyclic amines) is 2. The van der Waals surface area contributed by atoms with Crippen LogP contribution in [0.3, 0.4) is 0 Å². The molecular formula is C45H58ClN5O9S. The van der Waals surface area contributed by atoms with Gasteiger partial charge in [-0.3, -0.25) is 19.2 Å². The summed E-state index contributed by atoms with van der Waals surface area (Å²) in [5, 5.41) is 6.02. The summed E-state index contributed by atoms with van der Waals surface area (Å²) in [6.45, 7) is 6.68. The number of carbonyl (C=O) groups excluding carboxylic acids is 5. The molecule has 2 saturated heterocycles. The molecule has 4 atom stereocenters. The number of benzene rings is 3. The molecule has 0 saturated carbocycles. The van der Waals surface area contributed by atoms with E-state index in [2.05, 4.69) is 15.4 Å². The van der Waals surface area contributed by atoms with E-state index in [1.165, 1.54) is 4.90 Å². The van der Waals surface area contributed by atoms with Gasteiger partial charge in [-0.05, 0) is 87.6 Å². The highest BCUT2D eigenvalue weighted by molar-refractivity contribution is 7.88. The molecule has 16 heteroatoms. The van der Waals surface area contributed by atoms with Crippen molar-refractivity contribution in [2.75, 3.05) is 32.4 Å². The van der Waals surface area contributed by atoms with Gasteiger partial charge < -0.3 is 29.9 Å². The first-order valence-electron chi connectivity index (χ1n) is 20.8. The van der Waals surface area contributed by atoms with E-state index in [-0.39, 0.29) is 51.0 Å². The number of nitrogens with zero attached hydrogens (tertiary/aromatic N) is 2. The van der Waals surface area contributed by atoms with Crippen LogP contribution in [0.1, 0.15) is 69.6 Å². The van der Waals surface area contributed by atoms with Crippen LogP contribution >= 0.6 is 11.6 Å². The first-order valence-corrected chi connectivity index (χ1v) is 23.0. The van der Waals surface area contributed by atoms with Gasteiger partial charge in [0.15, 0.2) is 0 Å². The number of nitrogens with one attached hydrogen (secondary N) is 3. The zero-order valence-electron chi connectivity index (χ0n) is 35.3. The van der Waals surface area contributed by atoms with Crippen molar-refractivity contribution in [3.05, 3.63) is 107 Å². The molecule has 2 heterocycles. The van der Waals surface area contributed by atoms with Crippen LogP contribution in [0.4, 0.5) is 4.79 Å². The highest BCUT2D eigenvalue weighted by Gasteiger charge is 2.44. The summed E-state index contributed by atoms with van der Waals surface area (Å²) >= 11 is 6.07. The standard InChI is InChI=1S/C45H58ClN5O9S/c1-45(2,3)60-44(56)50-25-22-32(23-26-50)17-20-37(49-61(4,57)58)43(55)51-29-36(59-30-34-15-18-35(46)19-16-34)28-39(51)41(53)48-38(27-33-13-9-6-10-14-33)40(52)42(54)47-24-21-31-11-7-5-8-12-31/h5-16,18-19,32,36-39,49H,17,20-30H2,1-4H3,(H,47,54)(H,48,53)/t36-,37-,38+,39+/m1/s1. The molecule has 0 unspecified atom stereocenters. The molecule has 3 N–H and O–H groups in total. The number of halogens is 1. The van der Waals surface area contributed by atoms with Crippen LogP contribution in [-0.2, 0) is 58.1 Å². The smallest absolute Gasteiger partial charge is 0.410 e. The van der Waals surface area contributed by atoms with E-state index < -0.39 is 63.4 Å². The van der Waals surface area contributed by atoms with Crippen molar-refractivity contribution in [1.82, 2.24) is 25.2 Å². The zero-order chi connectivity index (χ0) is 44.2. The fourth-order valence-electron chi connectivity index (χ4n) is 7.57. The molecule has 3 aromatic rings. The Kier molecular flexibility index (Phi) is 16.9. The lowest BCUT2D eigenvalue weighted by Gasteiger charge is -2.34. The first-order chi connectivity index (χ1) is 28.9. The summed E-state index contributed by atoms with van der Waals surface area (Å²) in [5.41, 5.74) is 1.88. The Morgan fingerprint density at radius 3 is 2.08 bits per heavy atom. The SMILES string of the molecule is CC(C)(C)OC(=O)N1CCC(CC[C@@H](NS(C)(=O)=O)C(=O)N2C[C@H](OCc3ccc(Cl)cc3)C[C@H]2C(=O)N[C@@H](Cc2ccccc2)C(=O)C(=O)NCCc2ccccc2)CC1. The monoisotopic (exact) mass is 879 g/mol. The van der Waals surface area contributed by atoms with Crippen molar-refractivity contribution in [3.8, 4) is 0 Å². The van der Waals surface area contributed by atoms with Gasteiger partial charge in [-0.2, -0.15) is 0 Å². The molecule has 0 aromatic heterocycles. The van der Waals surface area contributed by atoms with Gasteiger partial charge in [0.1, 0.15) is 23.7 Å². The number of hydrogen-bond donors (Lipinski definition) is 3. The third-order valence-electron chi connectivity index (χ3n) is 10.7. The Bertz CT molecular complexity index is 2060. The minimum Gasteiger partial charge on any atom is -0.444 e. The van der Waals surface area contributed by atoms with Gasteiger partial charge in [0, 0.05) is 44.0 Å². The highest BCUT2D eigenvalue weighted by Crippen LogP contribution is 2.28. The average Bonchev–Trinajstić information content (AvgIpc) is 3.66. The Morgan fingerprint density at radius 2 is 1.48 bits per heavy atom. The summed E-state index contributed by atoms with van der Waals surface area (Å²) in [4.78, 5) is 71.6. The van der Waals surface area contributed by atoms with E-state index in [1.807, 2.05) is 57.2 Å². The molecular weight excluding hydrogens is 822 g/mol. The van der Waals surface area contributed by atoms with E-state index in [0.717, 1.165) is 17.4 Å². The third-order valence-corrected chi connectivity index (χ3v) is 11.7. The minimum absolute atomic E-state index is 0.0136. The number of ketones is 1. The van der Waals surface area contributed by atoms with E-state index in [9.17, 15) is 32.4 Å². The van der Waals surface area contributed by atoms with E-state index >= 15 is 0 Å². The van der Waals surface area contributed by atoms with Gasteiger partial charge in [-0.1, -0.05) is 84.4 Å². The second-order valence-electron chi connectivity index (χ2n) is 16.8. The number of sulfonamides is 1. The molecule has 0 bridgehead atoms. The number of carbonyl (C=O) groups is 5. The number of piperidine rings is 1. The lowest BCUT2D eigenvalue weighted by Crippen LogP contribution is -2.56. The molecule has 14 nitrogen and oxygen atoms in total. The van der Waals surface area contributed by atoms with Gasteiger partial charge in [0.25, 0.3) is 5.91 Å². The van der Waals surface area contributed by atoms with Crippen LogP contribution in [0.25, 0.3) is 0 Å². The minimum atomic E-state index is -3.89. The zero-order valence-corrected chi connectivity index (χ0v) is 36.9. The lowest BCUT2D eigenvalue weighted by atomic mass is 9.90. The fraction of sp³-hybridized carbons (Fsp3) is 0.489. The van der Waals surface area contributed by atoms with Crippen LogP contribution < -0.4 is 15.4 Å². The van der Waals surface area contributed by atoms with Crippen molar-refractivity contribution < 1.29 is 41.9 Å². The lowest BCUT2D eigenvalue weighted by molar-refractivity contribution is -0.142. The molecule has 3 aromatic carbocycles.